The molecule has 0 saturated carbocycles. The fourth-order valence-electron chi connectivity index (χ4n) is 7.47. The Morgan fingerprint density at radius 2 is 1.83 bits per heavy atom. The number of likely N-dealkylation sites (tertiary alicyclic amines) is 1. The van der Waals surface area contributed by atoms with E-state index in [-0.39, 0.29) is 17.8 Å². The standard InChI is InChI=1S/C40H44IN7O3S/c1-6-29-32(30-10-8-11-31(25(30)3)39-44-33-22-48(23-35(33)52-39)36(49)24-45(4)7-2)12-9-13-34(29)46(5)38-37-27(14-16-42-38)18-26(19-43-37)20-47-17-15-28(21-47)40(50)51-41/h8-14,16,18-19,28H,6-7,15,17,20-24H2,1-5H3/t28-/m1/s1. The van der Waals surface area contributed by atoms with Crippen molar-refractivity contribution in [3.8, 4) is 21.7 Å². The van der Waals surface area contributed by atoms with Gasteiger partial charge in [-0.1, -0.05) is 44.2 Å². The second kappa shape index (κ2) is 15.6. The predicted octanol–water partition coefficient (Wildman–Crippen LogP) is 7.57. The Bertz CT molecular complexity index is 2110. The fraction of sp³-hybridized carbons (Fsp3) is 0.375. The number of hydrogen-bond donors (Lipinski definition) is 0. The van der Waals surface area contributed by atoms with E-state index >= 15 is 0 Å². The number of pyridine rings is 2. The van der Waals surface area contributed by atoms with Crippen LogP contribution in [0.2, 0.25) is 0 Å². The first-order valence-electron chi connectivity index (χ1n) is 17.9. The molecule has 0 radical (unpaired) electrons. The molecule has 1 saturated heterocycles. The van der Waals surface area contributed by atoms with Gasteiger partial charge in [-0.3, -0.25) is 24.4 Å². The lowest BCUT2D eigenvalue weighted by Gasteiger charge is -2.25. The number of anilines is 2. The fourth-order valence-corrected chi connectivity index (χ4v) is 9.00. The Hall–Kier alpha value is -3.98. The molecule has 0 unspecified atom stereocenters. The van der Waals surface area contributed by atoms with Crippen molar-refractivity contribution in [2.45, 2.75) is 53.2 Å². The average molecular weight is 830 g/mol. The van der Waals surface area contributed by atoms with Crippen LogP contribution in [0.5, 0.6) is 0 Å². The first-order chi connectivity index (χ1) is 25.2. The predicted molar refractivity (Wildman–Crippen MR) is 216 cm³/mol. The van der Waals surface area contributed by atoms with E-state index in [9.17, 15) is 9.59 Å². The van der Waals surface area contributed by atoms with Crippen molar-refractivity contribution in [2.24, 2.45) is 5.92 Å². The quantitative estimate of drug-likeness (QED) is 0.125. The minimum Gasteiger partial charge on any atom is -0.394 e. The van der Waals surface area contributed by atoms with Crippen LogP contribution in [-0.2, 0) is 38.7 Å². The summed E-state index contributed by atoms with van der Waals surface area (Å²) >= 11 is 3.38. The van der Waals surface area contributed by atoms with Gasteiger partial charge in [0.05, 0.1) is 31.2 Å². The van der Waals surface area contributed by atoms with Crippen molar-refractivity contribution in [1.82, 2.24) is 29.7 Å². The van der Waals surface area contributed by atoms with E-state index in [1.165, 1.54) is 27.1 Å². The first-order valence-corrected chi connectivity index (χ1v) is 19.6. The lowest BCUT2D eigenvalue weighted by Crippen LogP contribution is -2.35. The van der Waals surface area contributed by atoms with E-state index in [0.717, 1.165) is 76.7 Å². The topological polar surface area (TPSA) is 95.0 Å². The molecule has 1 atom stereocenters. The van der Waals surface area contributed by atoms with Gasteiger partial charge in [-0.2, -0.15) is 0 Å². The number of benzene rings is 2. The van der Waals surface area contributed by atoms with Crippen LogP contribution in [0.1, 0.15) is 47.5 Å². The molecular formula is C40H44IN7O3S. The number of fused-ring (bicyclic) bond motifs is 2. The first kappa shape index (κ1) is 36.4. The number of carbonyl (C=O) groups is 2. The second-order valence-electron chi connectivity index (χ2n) is 13.8. The molecule has 2 aliphatic heterocycles. The number of amides is 1. The SMILES string of the molecule is CCc1c(-c2cccc(-c3nc4c(s3)CN(C(=O)CN(C)CC)C4)c2C)cccc1N(C)c1nccc2cc(CN3CC[C@@H](C(=O)OI)C3)cnc12. The summed E-state index contributed by atoms with van der Waals surface area (Å²) in [4.78, 5) is 49.3. The van der Waals surface area contributed by atoms with Gasteiger partial charge in [-0.05, 0) is 85.9 Å². The van der Waals surface area contributed by atoms with Crippen molar-refractivity contribution < 1.29 is 12.7 Å². The van der Waals surface area contributed by atoms with E-state index in [1.54, 1.807) is 34.3 Å². The van der Waals surface area contributed by atoms with Crippen LogP contribution in [0.3, 0.4) is 0 Å². The Labute approximate surface area is 323 Å². The van der Waals surface area contributed by atoms with Crippen molar-refractivity contribution in [3.63, 3.8) is 0 Å². The molecule has 2 aliphatic rings. The molecule has 52 heavy (non-hydrogen) atoms. The van der Waals surface area contributed by atoms with Gasteiger partial charge in [0.2, 0.25) is 5.91 Å². The summed E-state index contributed by atoms with van der Waals surface area (Å²) in [5.74, 6) is 0.745. The molecule has 0 bridgehead atoms. The Morgan fingerprint density at radius 3 is 2.60 bits per heavy atom. The van der Waals surface area contributed by atoms with Crippen molar-refractivity contribution in [2.75, 3.05) is 45.2 Å². The number of thiazole rings is 1. The monoisotopic (exact) mass is 829 g/mol. The molecule has 0 spiro atoms. The third kappa shape index (κ3) is 7.17. The number of aromatic nitrogens is 3. The summed E-state index contributed by atoms with van der Waals surface area (Å²) in [6.07, 6.45) is 5.45. The number of hydrogen-bond acceptors (Lipinski definition) is 10. The van der Waals surface area contributed by atoms with Crippen LogP contribution >= 0.6 is 34.3 Å². The van der Waals surface area contributed by atoms with Crippen LogP contribution in [0.4, 0.5) is 11.5 Å². The van der Waals surface area contributed by atoms with E-state index < -0.39 is 0 Å². The number of likely N-dealkylation sites (N-methyl/N-ethyl adjacent to an activating group) is 1. The molecule has 1 fully saturated rings. The van der Waals surface area contributed by atoms with E-state index in [0.29, 0.717) is 26.2 Å². The number of halogens is 1. The number of nitrogens with zero attached hydrogens (tertiary/aromatic N) is 7. The molecule has 7 rings (SSSR count). The maximum Gasteiger partial charge on any atom is 0.319 e. The summed E-state index contributed by atoms with van der Waals surface area (Å²) < 4.78 is 4.94. The van der Waals surface area contributed by atoms with E-state index in [2.05, 4.69) is 80.1 Å². The molecule has 12 heteroatoms. The summed E-state index contributed by atoms with van der Waals surface area (Å²) in [5, 5.41) is 2.04. The highest BCUT2D eigenvalue weighted by atomic mass is 127. The number of rotatable bonds is 11. The highest BCUT2D eigenvalue weighted by Gasteiger charge is 2.30. The van der Waals surface area contributed by atoms with Gasteiger partial charge in [0.1, 0.15) is 10.5 Å². The molecule has 5 heterocycles. The smallest absolute Gasteiger partial charge is 0.319 e. The minimum atomic E-state index is -0.141. The summed E-state index contributed by atoms with van der Waals surface area (Å²) in [7, 11) is 4.04. The zero-order valence-corrected chi connectivity index (χ0v) is 33.3. The largest absolute Gasteiger partial charge is 0.394 e. The maximum absolute atomic E-state index is 12.8. The van der Waals surface area contributed by atoms with Crippen LogP contribution < -0.4 is 4.90 Å². The van der Waals surface area contributed by atoms with Gasteiger partial charge in [0, 0.05) is 54.0 Å². The molecule has 2 aromatic carbocycles. The van der Waals surface area contributed by atoms with Gasteiger partial charge < -0.3 is 12.9 Å². The molecular weight excluding hydrogens is 785 g/mol. The van der Waals surface area contributed by atoms with E-state index in [1.807, 2.05) is 35.3 Å². The van der Waals surface area contributed by atoms with Crippen molar-refractivity contribution in [3.05, 3.63) is 88.2 Å². The minimum absolute atomic E-state index is 0.0695. The third-order valence-corrected chi connectivity index (χ3v) is 12.1. The van der Waals surface area contributed by atoms with Crippen LogP contribution in [0, 0.1) is 12.8 Å². The van der Waals surface area contributed by atoms with Crippen LogP contribution in [-0.4, -0.2) is 81.8 Å². The summed E-state index contributed by atoms with van der Waals surface area (Å²) in [5.41, 5.74) is 10.00. The highest BCUT2D eigenvalue weighted by molar-refractivity contribution is 14.1. The van der Waals surface area contributed by atoms with Gasteiger partial charge in [0.25, 0.3) is 0 Å². The molecule has 5 aromatic rings. The normalized spacial score (nSPS) is 15.8. The van der Waals surface area contributed by atoms with E-state index in [4.69, 9.17) is 18.0 Å². The lowest BCUT2D eigenvalue weighted by molar-refractivity contribution is -0.135. The Balaban J connectivity index is 1.14. The zero-order chi connectivity index (χ0) is 36.5. The second-order valence-corrected chi connectivity index (χ2v) is 15.4. The maximum atomic E-state index is 12.8. The lowest BCUT2D eigenvalue weighted by atomic mass is 9.91. The highest BCUT2D eigenvalue weighted by Crippen LogP contribution is 2.41. The van der Waals surface area contributed by atoms with Crippen molar-refractivity contribution >= 4 is 68.6 Å². The average Bonchev–Trinajstić information content (AvgIpc) is 3.90. The molecule has 3 aromatic heterocycles. The number of carbonyl (C=O) groups excluding carboxylic acids is 2. The zero-order valence-electron chi connectivity index (χ0n) is 30.4. The molecule has 0 aliphatic carbocycles. The summed E-state index contributed by atoms with van der Waals surface area (Å²) in [6, 6.07) is 17.2. The van der Waals surface area contributed by atoms with Crippen LogP contribution in [0.25, 0.3) is 32.6 Å². The van der Waals surface area contributed by atoms with Gasteiger partial charge in [-0.15, -0.1) is 11.3 Å². The molecule has 270 valence electrons. The summed E-state index contributed by atoms with van der Waals surface area (Å²) in [6.45, 7) is 11.2. The Morgan fingerprint density at radius 1 is 1.04 bits per heavy atom. The van der Waals surface area contributed by atoms with Crippen LogP contribution in [0.15, 0.2) is 60.9 Å². The van der Waals surface area contributed by atoms with Gasteiger partial charge in [0.15, 0.2) is 28.8 Å². The molecule has 1 amide bonds. The molecule has 0 N–H and O–H groups in total. The Kier molecular flexibility index (Phi) is 10.9. The molecule has 10 nitrogen and oxygen atoms in total. The van der Waals surface area contributed by atoms with Gasteiger partial charge >= 0.3 is 5.97 Å². The van der Waals surface area contributed by atoms with Crippen molar-refractivity contribution in [1.29, 1.82) is 0 Å². The third-order valence-electron chi connectivity index (χ3n) is 10.5. The van der Waals surface area contributed by atoms with Gasteiger partial charge in [-0.25, -0.2) is 9.97 Å².